The molecule has 3 nitrogen and oxygen atoms in total. The topological polar surface area (TPSA) is 43.8 Å². The Labute approximate surface area is 118 Å². The Kier molecular flexibility index (Phi) is 5.45. The van der Waals surface area contributed by atoms with Gasteiger partial charge in [0.05, 0.1) is 11.7 Å². The number of aryl methyl sites for hydroxylation is 1. The van der Waals surface area contributed by atoms with E-state index in [9.17, 15) is 0 Å². The Bertz CT molecular complexity index is 367. The van der Waals surface area contributed by atoms with Crippen molar-refractivity contribution in [3.63, 3.8) is 0 Å². The van der Waals surface area contributed by atoms with Gasteiger partial charge in [0.2, 0.25) is 0 Å². The van der Waals surface area contributed by atoms with Crippen LogP contribution in [-0.4, -0.2) is 31.8 Å². The number of nitrogens with zero attached hydrogens (tertiary/aromatic N) is 2. The first kappa shape index (κ1) is 14.3. The van der Waals surface area contributed by atoms with E-state index >= 15 is 0 Å². The SMILES string of the molecule is CCCn1nccc1C(N)C1SCCSC1CC. The first-order chi connectivity index (χ1) is 8.77. The van der Waals surface area contributed by atoms with E-state index < -0.39 is 0 Å². The maximum atomic E-state index is 6.52. The molecular weight excluding hydrogens is 262 g/mol. The summed E-state index contributed by atoms with van der Waals surface area (Å²) in [6.45, 7) is 5.42. The third-order valence-corrected chi connectivity index (χ3v) is 6.75. The van der Waals surface area contributed by atoms with Gasteiger partial charge >= 0.3 is 0 Å². The molecule has 2 N–H and O–H groups in total. The molecule has 0 aliphatic carbocycles. The molecule has 102 valence electrons. The molecule has 2 heterocycles. The van der Waals surface area contributed by atoms with Gasteiger partial charge in [-0.3, -0.25) is 4.68 Å². The molecule has 0 amide bonds. The number of rotatable bonds is 5. The van der Waals surface area contributed by atoms with Gasteiger partial charge in [0, 0.05) is 34.7 Å². The smallest absolute Gasteiger partial charge is 0.0598 e. The highest BCUT2D eigenvalue weighted by molar-refractivity contribution is 8.07. The zero-order chi connectivity index (χ0) is 13.0. The predicted molar refractivity (Wildman–Crippen MR) is 82.2 cm³/mol. The van der Waals surface area contributed by atoms with E-state index in [0.29, 0.717) is 10.5 Å². The second-order valence-electron chi connectivity index (χ2n) is 4.66. The molecule has 5 heteroatoms. The zero-order valence-electron chi connectivity index (χ0n) is 11.2. The normalized spacial score (nSPS) is 26.2. The lowest BCUT2D eigenvalue weighted by molar-refractivity contribution is 0.521. The molecule has 1 aromatic rings. The van der Waals surface area contributed by atoms with Crippen LogP contribution in [0.3, 0.4) is 0 Å². The summed E-state index contributed by atoms with van der Waals surface area (Å²) in [6, 6.07) is 2.20. The molecule has 18 heavy (non-hydrogen) atoms. The summed E-state index contributed by atoms with van der Waals surface area (Å²) < 4.78 is 2.08. The number of hydrogen-bond donors (Lipinski definition) is 1. The van der Waals surface area contributed by atoms with Crippen LogP contribution in [0.15, 0.2) is 12.3 Å². The Morgan fingerprint density at radius 2 is 2.22 bits per heavy atom. The van der Waals surface area contributed by atoms with E-state index in [2.05, 4.69) is 41.5 Å². The van der Waals surface area contributed by atoms with Crippen LogP contribution in [0, 0.1) is 0 Å². The highest BCUT2D eigenvalue weighted by Crippen LogP contribution is 2.39. The van der Waals surface area contributed by atoms with Gasteiger partial charge in [0.15, 0.2) is 0 Å². The monoisotopic (exact) mass is 285 g/mol. The second kappa shape index (κ2) is 6.87. The van der Waals surface area contributed by atoms with Crippen molar-refractivity contribution in [2.45, 2.75) is 49.8 Å². The van der Waals surface area contributed by atoms with Crippen molar-refractivity contribution in [1.82, 2.24) is 9.78 Å². The summed E-state index contributed by atoms with van der Waals surface area (Å²) in [4.78, 5) is 0. The predicted octanol–water partition coefficient (Wildman–Crippen LogP) is 2.92. The molecule has 3 unspecified atom stereocenters. The van der Waals surface area contributed by atoms with Crippen molar-refractivity contribution in [3.8, 4) is 0 Å². The molecule has 0 radical (unpaired) electrons. The number of aromatic nitrogens is 2. The minimum absolute atomic E-state index is 0.113. The average molecular weight is 285 g/mol. The molecule has 1 aliphatic heterocycles. The van der Waals surface area contributed by atoms with Crippen molar-refractivity contribution >= 4 is 23.5 Å². The molecular formula is C13H23N3S2. The summed E-state index contributed by atoms with van der Waals surface area (Å²) in [6.07, 6.45) is 4.19. The van der Waals surface area contributed by atoms with E-state index in [4.69, 9.17) is 5.73 Å². The zero-order valence-corrected chi connectivity index (χ0v) is 12.8. The van der Waals surface area contributed by atoms with Crippen molar-refractivity contribution in [2.75, 3.05) is 11.5 Å². The van der Waals surface area contributed by atoms with E-state index in [1.54, 1.807) is 0 Å². The van der Waals surface area contributed by atoms with Gasteiger partial charge < -0.3 is 5.73 Å². The van der Waals surface area contributed by atoms with Crippen LogP contribution >= 0.6 is 23.5 Å². The average Bonchev–Trinajstić information content (AvgIpc) is 2.86. The Morgan fingerprint density at radius 3 is 2.94 bits per heavy atom. The second-order valence-corrected chi connectivity index (χ2v) is 7.29. The van der Waals surface area contributed by atoms with Crippen molar-refractivity contribution < 1.29 is 0 Å². The Balaban J connectivity index is 2.13. The van der Waals surface area contributed by atoms with Crippen LogP contribution in [0.5, 0.6) is 0 Å². The van der Waals surface area contributed by atoms with E-state index in [1.807, 2.05) is 18.0 Å². The van der Waals surface area contributed by atoms with Crippen LogP contribution in [0.25, 0.3) is 0 Å². The van der Waals surface area contributed by atoms with Crippen molar-refractivity contribution in [3.05, 3.63) is 18.0 Å². The summed E-state index contributed by atoms with van der Waals surface area (Å²) in [5.41, 5.74) is 7.72. The fraction of sp³-hybridized carbons (Fsp3) is 0.769. The molecule has 0 bridgehead atoms. The number of hydrogen-bond acceptors (Lipinski definition) is 4. The lowest BCUT2D eigenvalue weighted by atomic mass is 10.1. The molecule has 1 saturated heterocycles. The van der Waals surface area contributed by atoms with Gasteiger partial charge in [-0.1, -0.05) is 13.8 Å². The van der Waals surface area contributed by atoms with Crippen LogP contribution in [-0.2, 0) is 6.54 Å². The molecule has 1 aromatic heterocycles. The fourth-order valence-corrected chi connectivity index (χ4v) is 5.63. The first-order valence-corrected chi connectivity index (χ1v) is 8.88. The van der Waals surface area contributed by atoms with Crippen LogP contribution in [0.1, 0.15) is 38.4 Å². The molecule has 0 saturated carbocycles. The van der Waals surface area contributed by atoms with Gasteiger partial charge in [-0.2, -0.15) is 28.6 Å². The Morgan fingerprint density at radius 1 is 1.44 bits per heavy atom. The van der Waals surface area contributed by atoms with Gasteiger partial charge in [-0.05, 0) is 18.9 Å². The minimum atomic E-state index is 0.113. The summed E-state index contributed by atoms with van der Waals surface area (Å²) in [7, 11) is 0. The lowest BCUT2D eigenvalue weighted by Gasteiger charge is -2.34. The van der Waals surface area contributed by atoms with E-state index in [0.717, 1.165) is 13.0 Å². The minimum Gasteiger partial charge on any atom is -0.322 e. The molecule has 1 fully saturated rings. The van der Waals surface area contributed by atoms with Gasteiger partial charge in [0.1, 0.15) is 0 Å². The summed E-state index contributed by atoms with van der Waals surface area (Å²) in [5, 5.41) is 5.61. The fourth-order valence-electron chi connectivity index (χ4n) is 2.46. The Hall–Kier alpha value is -0.130. The number of nitrogens with two attached hydrogens (primary N) is 1. The van der Waals surface area contributed by atoms with Gasteiger partial charge in [-0.15, -0.1) is 0 Å². The van der Waals surface area contributed by atoms with Gasteiger partial charge in [-0.25, -0.2) is 0 Å². The van der Waals surface area contributed by atoms with E-state index in [-0.39, 0.29) is 6.04 Å². The number of thioether (sulfide) groups is 2. The quantitative estimate of drug-likeness (QED) is 0.903. The largest absolute Gasteiger partial charge is 0.322 e. The highest BCUT2D eigenvalue weighted by atomic mass is 32.2. The molecule has 3 atom stereocenters. The molecule has 0 aromatic carbocycles. The van der Waals surface area contributed by atoms with Crippen molar-refractivity contribution in [1.29, 1.82) is 0 Å². The van der Waals surface area contributed by atoms with Crippen LogP contribution < -0.4 is 5.73 Å². The third-order valence-electron chi connectivity index (χ3n) is 3.37. The lowest BCUT2D eigenvalue weighted by Crippen LogP contribution is -2.36. The standard InChI is InChI=1S/C13H23N3S2/c1-3-7-16-10(5-6-15-16)12(14)13-11(4-2)17-8-9-18-13/h5-6,11-13H,3-4,7-9,14H2,1-2H3. The highest BCUT2D eigenvalue weighted by Gasteiger charge is 2.32. The molecule has 0 spiro atoms. The van der Waals surface area contributed by atoms with E-state index in [1.165, 1.54) is 23.6 Å². The van der Waals surface area contributed by atoms with Crippen molar-refractivity contribution in [2.24, 2.45) is 5.73 Å². The summed E-state index contributed by atoms with van der Waals surface area (Å²) >= 11 is 4.13. The third kappa shape index (κ3) is 3.06. The maximum absolute atomic E-state index is 6.52. The van der Waals surface area contributed by atoms with Gasteiger partial charge in [0.25, 0.3) is 0 Å². The van der Waals surface area contributed by atoms with Crippen LogP contribution in [0.2, 0.25) is 0 Å². The first-order valence-electron chi connectivity index (χ1n) is 6.78. The molecule has 1 aliphatic rings. The van der Waals surface area contributed by atoms with Crippen LogP contribution in [0.4, 0.5) is 0 Å². The molecule has 2 rings (SSSR count). The maximum Gasteiger partial charge on any atom is 0.0598 e. The summed E-state index contributed by atoms with van der Waals surface area (Å²) in [5.74, 6) is 2.49.